The highest BCUT2D eigenvalue weighted by Crippen LogP contribution is 2.29. The summed E-state index contributed by atoms with van der Waals surface area (Å²) in [5.41, 5.74) is 4.22. The molecule has 0 spiro atoms. The smallest absolute Gasteiger partial charge is 0.331 e. The van der Waals surface area contributed by atoms with Crippen LogP contribution in [0.2, 0.25) is 0 Å². The number of ether oxygens (including phenoxy) is 2. The first-order valence-corrected chi connectivity index (χ1v) is 9.83. The van der Waals surface area contributed by atoms with E-state index in [1.165, 1.54) is 18.1 Å². The zero-order valence-electron chi connectivity index (χ0n) is 17.9. The lowest BCUT2D eigenvalue weighted by Crippen LogP contribution is -2.13. The van der Waals surface area contributed by atoms with Crippen LogP contribution in [-0.2, 0) is 27.9 Å². The molecule has 0 amide bonds. The molecule has 0 radical (unpaired) electrons. The van der Waals surface area contributed by atoms with E-state index in [2.05, 4.69) is 30.1 Å². The third kappa shape index (κ3) is 4.35. The minimum atomic E-state index is -0.454. The number of H-pyrrole nitrogens is 1. The number of hydrogen-bond donors (Lipinski definition) is 2. The number of esters is 1. The molecule has 0 bridgehead atoms. The van der Waals surface area contributed by atoms with E-state index in [1.807, 2.05) is 31.2 Å². The Hall–Kier alpha value is -4.05. The normalized spacial score (nSPS) is 11.0. The number of aryl methyl sites for hydroxylation is 2. The number of anilines is 2. The van der Waals surface area contributed by atoms with Crippen LogP contribution in [0.15, 0.2) is 47.8 Å². The highest BCUT2D eigenvalue weighted by atomic mass is 16.6. The van der Waals surface area contributed by atoms with Gasteiger partial charge in [-0.25, -0.2) is 14.8 Å². The highest BCUT2D eigenvalue weighted by molar-refractivity contribution is 5.94. The number of methoxy groups -OCH3 is 1. The number of fused-ring (bicyclic) bond motifs is 1. The van der Waals surface area contributed by atoms with Crippen LogP contribution in [0.5, 0.6) is 0 Å². The monoisotopic (exact) mass is 434 g/mol. The summed E-state index contributed by atoms with van der Waals surface area (Å²) in [5, 5.41) is 6.97. The van der Waals surface area contributed by atoms with Crippen molar-refractivity contribution in [3.63, 3.8) is 0 Å². The number of pyridine rings is 1. The second-order valence-corrected chi connectivity index (χ2v) is 7.18. The summed E-state index contributed by atoms with van der Waals surface area (Å²) in [7, 11) is 2.97. The number of nitrogens with one attached hydrogen (secondary N) is 2. The molecule has 0 aliphatic rings. The van der Waals surface area contributed by atoms with Gasteiger partial charge >= 0.3 is 5.97 Å². The summed E-state index contributed by atoms with van der Waals surface area (Å²) in [6.07, 6.45) is 4.83. The van der Waals surface area contributed by atoms with E-state index in [9.17, 15) is 9.59 Å². The van der Waals surface area contributed by atoms with Gasteiger partial charge in [0.2, 0.25) is 0 Å². The lowest BCUT2D eigenvalue weighted by atomic mass is 10.1. The summed E-state index contributed by atoms with van der Waals surface area (Å²) in [4.78, 5) is 36.8. The van der Waals surface area contributed by atoms with E-state index in [0.717, 1.165) is 33.4 Å². The van der Waals surface area contributed by atoms with Crippen LogP contribution in [-0.4, -0.2) is 44.4 Å². The molecule has 0 unspecified atom stereocenters. The fraction of sp³-hybridized carbons (Fsp3) is 0.227. The van der Waals surface area contributed by atoms with Crippen molar-refractivity contribution in [2.24, 2.45) is 7.05 Å². The molecule has 10 nitrogen and oxygen atoms in total. The fourth-order valence-electron chi connectivity index (χ4n) is 3.24. The van der Waals surface area contributed by atoms with Gasteiger partial charge in [-0.1, -0.05) is 6.07 Å². The molecule has 4 rings (SSSR count). The summed E-state index contributed by atoms with van der Waals surface area (Å²) >= 11 is 0. The Morgan fingerprint density at radius 1 is 1.22 bits per heavy atom. The Kier molecular flexibility index (Phi) is 5.95. The standard InChI is InChI=1S/C22H22N6O4/c1-13-6-19(15(8-23-13)10-32-11-20(29)31-3)27-21-16-7-14(4-5-18(16)24-12-25-21)17-9-26-28(2)22(17)30/h4-9,12,26H,10-11H2,1-3H3,(H,23,24,25,27). The average molecular weight is 434 g/mol. The predicted octanol–water partition coefficient (Wildman–Crippen LogP) is 2.46. The number of carbonyl (C=O) groups excluding carboxylic acids is 1. The van der Waals surface area contributed by atoms with Gasteiger partial charge in [0.1, 0.15) is 18.8 Å². The maximum absolute atomic E-state index is 12.4. The van der Waals surface area contributed by atoms with Crippen molar-refractivity contribution in [2.45, 2.75) is 13.5 Å². The van der Waals surface area contributed by atoms with Gasteiger partial charge in [-0.3, -0.25) is 14.5 Å². The van der Waals surface area contributed by atoms with Crippen molar-refractivity contribution in [2.75, 3.05) is 19.0 Å². The molecule has 1 aromatic carbocycles. The van der Waals surface area contributed by atoms with Gasteiger partial charge in [-0.2, -0.15) is 0 Å². The summed E-state index contributed by atoms with van der Waals surface area (Å²) in [6.45, 7) is 1.88. The summed E-state index contributed by atoms with van der Waals surface area (Å²) < 4.78 is 11.5. The molecule has 3 aromatic heterocycles. The fourth-order valence-corrected chi connectivity index (χ4v) is 3.24. The molecule has 0 aliphatic heterocycles. The van der Waals surface area contributed by atoms with E-state index < -0.39 is 5.97 Å². The van der Waals surface area contributed by atoms with Gasteiger partial charge in [0.15, 0.2) is 0 Å². The van der Waals surface area contributed by atoms with Crippen molar-refractivity contribution >= 4 is 28.4 Å². The van der Waals surface area contributed by atoms with E-state index in [4.69, 9.17) is 4.74 Å². The van der Waals surface area contributed by atoms with Crippen LogP contribution in [0, 0.1) is 6.92 Å². The zero-order chi connectivity index (χ0) is 22.7. The van der Waals surface area contributed by atoms with Crippen LogP contribution in [0.1, 0.15) is 11.3 Å². The molecule has 0 aliphatic carbocycles. The van der Waals surface area contributed by atoms with E-state index in [-0.39, 0.29) is 18.8 Å². The molecule has 3 heterocycles. The third-order valence-electron chi connectivity index (χ3n) is 4.97. The van der Waals surface area contributed by atoms with Gasteiger partial charge in [-0.05, 0) is 30.7 Å². The van der Waals surface area contributed by atoms with Crippen LogP contribution >= 0.6 is 0 Å². The predicted molar refractivity (Wildman–Crippen MR) is 118 cm³/mol. The topological polar surface area (TPSA) is 124 Å². The van der Waals surface area contributed by atoms with Crippen molar-refractivity contribution in [1.82, 2.24) is 24.7 Å². The first-order valence-electron chi connectivity index (χ1n) is 9.83. The molecular formula is C22H22N6O4. The third-order valence-corrected chi connectivity index (χ3v) is 4.97. The Morgan fingerprint density at radius 3 is 2.81 bits per heavy atom. The van der Waals surface area contributed by atoms with Crippen molar-refractivity contribution < 1.29 is 14.3 Å². The number of aromatic amines is 1. The van der Waals surface area contributed by atoms with Gasteiger partial charge < -0.3 is 19.9 Å². The van der Waals surface area contributed by atoms with Crippen molar-refractivity contribution in [3.05, 3.63) is 64.6 Å². The van der Waals surface area contributed by atoms with Gasteiger partial charge in [0, 0.05) is 41.8 Å². The SMILES string of the molecule is COC(=O)COCc1cnc(C)cc1Nc1ncnc2ccc(-c3c[nH]n(C)c3=O)cc12. The van der Waals surface area contributed by atoms with E-state index in [1.54, 1.807) is 19.4 Å². The van der Waals surface area contributed by atoms with Crippen molar-refractivity contribution in [3.8, 4) is 11.1 Å². The van der Waals surface area contributed by atoms with E-state index in [0.29, 0.717) is 11.4 Å². The molecule has 0 fully saturated rings. The second-order valence-electron chi connectivity index (χ2n) is 7.18. The number of aromatic nitrogens is 5. The largest absolute Gasteiger partial charge is 0.467 e. The Labute approximate surface area is 183 Å². The number of hydrogen-bond acceptors (Lipinski definition) is 8. The van der Waals surface area contributed by atoms with Crippen LogP contribution in [0.4, 0.5) is 11.5 Å². The van der Waals surface area contributed by atoms with E-state index >= 15 is 0 Å². The number of carbonyl (C=O) groups is 1. The summed E-state index contributed by atoms with van der Waals surface area (Å²) in [6, 6.07) is 7.45. The van der Waals surface area contributed by atoms with Crippen molar-refractivity contribution in [1.29, 1.82) is 0 Å². The molecule has 4 aromatic rings. The second kappa shape index (κ2) is 8.98. The minimum Gasteiger partial charge on any atom is -0.467 e. The van der Waals surface area contributed by atoms with Crippen LogP contribution in [0.3, 0.4) is 0 Å². The van der Waals surface area contributed by atoms with Crippen LogP contribution < -0.4 is 10.9 Å². The molecule has 0 saturated heterocycles. The lowest BCUT2D eigenvalue weighted by Gasteiger charge is -2.14. The zero-order valence-corrected chi connectivity index (χ0v) is 17.9. The Balaban J connectivity index is 1.69. The maximum Gasteiger partial charge on any atom is 0.331 e. The van der Waals surface area contributed by atoms with Gasteiger partial charge in [0.05, 0.1) is 24.8 Å². The maximum atomic E-state index is 12.4. The number of rotatable bonds is 7. The first-order chi connectivity index (χ1) is 15.5. The first kappa shape index (κ1) is 21.2. The molecular weight excluding hydrogens is 412 g/mol. The Bertz CT molecular complexity index is 1340. The number of benzene rings is 1. The average Bonchev–Trinajstić information content (AvgIpc) is 3.13. The number of nitrogens with zero attached hydrogens (tertiary/aromatic N) is 4. The molecule has 2 N–H and O–H groups in total. The lowest BCUT2D eigenvalue weighted by molar-refractivity contribution is -0.146. The Morgan fingerprint density at radius 2 is 2.06 bits per heavy atom. The minimum absolute atomic E-state index is 0.120. The molecule has 32 heavy (non-hydrogen) atoms. The van der Waals surface area contributed by atoms with Gasteiger partial charge in [0.25, 0.3) is 5.56 Å². The highest BCUT2D eigenvalue weighted by Gasteiger charge is 2.13. The summed E-state index contributed by atoms with van der Waals surface area (Å²) in [5.74, 6) is 0.119. The van der Waals surface area contributed by atoms with Gasteiger partial charge in [-0.15, -0.1) is 0 Å². The molecule has 10 heteroatoms. The molecule has 0 atom stereocenters. The molecule has 164 valence electrons. The molecule has 0 saturated carbocycles. The quantitative estimate of drug-likeness (QED) is 0.425. The van der Waals surface area contributed by atoms with Crippen LogP contribution in [0.25, 0.3) is 22.0 Å².